The fourth-order valence-electron chi connectivity index (χ4n) is 0.400. The standard InChI is InChI=1S/C6H16N2.H3O4P/c1-7(2)5-6-8(3)4;1-5(2,3)4/h5-6H2,1-4H3;(H3,1,2,3,4). The number of hydrogen-bond acceptors (Lipinski definition) is 3. The van der Waals surface area contributed by atoms with Crippen molar-refractivity contribution in [3.05, 3.63) is 0 Å². The van der Waals surface area contributed by atoms with Crippen LogP contribution in [0.2, 0.25) is 0 Å². The van der Waals surface area contributed by atoms with Gasteiger partial charge in [-0.3, -0.25) is 0 Å². The number of likely N-dealkylation sites (N-methyl/N-ethyl adjacent to an activating group) is 2. The number of hydrogen-bond donors (Lipinski definition) is 3. The highest BCUT2D eigenvalue weighted by molar-refractivity contribution is 7.45. The van der Waals surface area contributed by atoms with Crippen LogP contribution in [0.25, 0.3) is 0 Å². The van der Waals surface area contributed by atoms with Crippen LogP contribution in [0.4, 0.5) is 0 Å². The van der Waals surface area contributed by atoms with Crippen molar-refractivity contribution in [3.63, 3.8) is 0 Å². The van der Waals surface area contributed by atoms with Crippen molar-refractivity contribution in [1.29, 1.82) is 0 Å². The van der Waals surface area contributed by atoms with Crippen LogP contribution < -0.4 is 0 Å². The first-order valence-corrected chi connectivity index (χ1v) is 5.27. The lowest BCUT2D eigenvalue weighted by atomic mass is 10.5. The monoisotopic (exact) mass is 214 g/mol. The number of rotatable bonds is 3. The summed E-state index contributed by atoms with van der Waals surface area (Å²) in [6.07, 6.45) is 0. The van der Waals surface area contributed by atoms with Gasteiger partial charge in [-0.05, 0) is 28.2 Å². The smallest absolute Gasteiger partial charge is 0.308 e. The molecule has 0 spiro atoms. The SMILES string of the molecule is CN(C)CCN(C)C.O=P(O)(O)O. The van der Waals surface area contributed by atoms with Crippen LogP contribution in [0.3, 0.4) is 0 Å². The van der Waals surface area contributed by atoms with Crippen LogP contribution in [-0.4, -0.2) is 65.8 Å². The van der Waals surface area contributed by atoms with Crippen molar-refractivity contribution >= 4 is 7.82 Å². The Hall–Kier alpha value is 0.0300. The van der Waals surface area contributed by atoms with Gasteiger partial charge < -0.3 is 24.5 Å². The molecule has 0 saturated carbocycles. The highest BCUT2D eigenvalue weighted by atomic mass is 31.2. The quantitative estimate of drug-likeness (QED) is 0.532. The van der Waals surface area contributed by atoms with Crippen molar-refractivity contribution < 1.29 is 19.2 Å². The van der Waals surface area contributed by atoms with E-state index in [-0.39, 0.29) is 0 Å². The molecule has 7 heteroatoms. The van der Waals surface area contributed by atoms with Crippen molar-refractivity contribution in [2.24, 2.45) is 0 Å². The molecule has 82 valence electrons. The van der Waals surface area contributed by atoms with E-state index >= 15 is 0 Å². The Labute approximate surface area is 79.0 Å². The summed E-state index contributed by atoms with van der Waals surface area (Å²) in [7, 11) is 3.71. The molecular weight excluding hydrogens is 195 g/mol. The maximum absolute atomic E-state index is 8.88. The average molecular weight is 214 g/mol. The molecule has 0 aromatic carbocycles. The summed E-state index contributed by atoms with van der Waals surface area (Å²) >= 11 is 0. The molecule has 0 aliphatic carbocycles. The van der Waals surface area contributed by atoms with Crippen molar-refractivity contribution in [2.45, 2.75) is 0 Å². The van der Waals surface area contributed by atoms with Crippen LogP contribution in [-0.2, 0) is 4.57 Å². The molecule has 0 atom stereocenters. The molecule has 0 aromatic rings. The van der Waals surface area contributed by atoms with Gasteiger partial charge in [0, 0.05) is 13.1 Å². The molecule has 0 unspecified atom stereocenters. The lowest BCUT2D eigenvalue weighted by Gasteiger charge is -2.13. The summed E-state index contributed by atoms with van der Waals surface area (Å²) in [5.41, 5.74) is 0. The third kappa shape index (κ3) is 47.8. The first kappa shape index (κ1) is 15.5. The Bertz CT molecular complexity index is 140. The highest BCUT2D eigenvalue weighted by Gasteiger charge is 2.00. The Morgan fingerprint density at radius 2 is 1.08 bits per heavy atom. The normalized spacial score (nSPS) is 11.5. The largest absolute Gasteiger partial charge is 0.466 e. The van der Waals surface area contributed by atoms with Crippen LogP contribution >= 0.6 is 7.82 Å². The third-order valence-electron chi connectivity index (χ3n) is 0.994. The minimum Gasteiger partial charge on any atom is -0.308 e. The van der Waals surface area contributed by atoms with Gasteiger partial charge >= 0.3 is 7.82 Å². The molecule has 0 amide bonds. The maximum atomic E-state index is 8.88. The fraction of sp³-hybridized carbons (Fsp3) is 1.00. The second-order valence-electron chi connectivity index (χ2n) is 3.12. The zero-order valence-corrected chi connectivity index (χ0v) is 9.40. The van der Waals surface area contributed by atoms with E-state index < -0.39 is 7.82 Å². The Balaban J connectivity index is 0. The van der Waals surface area contributed by atoms with Gasteiger partial charge in [0.25, 0.3) is 0 Å². The minimum atomic E-state index is -4.64. The molecule has 0 rings (SSSR count). The molecule has 0 aliphatic heterocycles. The molecule has 0 bridgehead atoms. The zero-order chi connectivity index (χ0) is 11.1. The van der Waals surface area contributed by atoms with Crippen LogP contribution in [0.5, 0.6) is 0 Å². The molecule has 6 nitrogen and oxygen atoms in total. The van der Waals surface area contributed by atoms with E-state index in [9.17, 15) is 0 Å². The molecule has 0 heterocycles. The number of nitrogens with zero attached hydrogens (tertiary/aromatic N) is 2. The van der Waals surface area contributed by atoms with Gasteiger partial charge in [-0.25, -0.2) is 4.57 Å². The summed E-state index contributed by atoms with van der Waals surface area (Å²) in [6, 6.07) is 0. The van der Waals surface area contributed by atoms with Crippen molar-refractivity contribution in [1.82, 2.24) is 9.80 Å². The first-order valence-electron chi connectivity index (χ1n) is 3.70. The van der Waals surface area contributed by atoms with Crippen LogP contribution in [0.15, 0.2) is 0 Å². The lowest BCUT2D eigenvalue weighted by Crippen LogP contribution is -2.25. The average Bonchev–Trinajstić information content (AvgIpc) is 1.79. The minimum absolute atomic E-state index is 1.15. The predicted molar refractivity (Wildman–Crippen MR) is 51.4 cm³/mol. The summed E-state index contributed by atoms with van der Waals surface area (Å²) in [5.74, 6) is 0. The van der Waals surface area contributed by atoms with Gasteiger partial charge in [-0.2, -0.15) is 0 Å². The summed E-state index contributed by atoms with van der Waals surface area (Å²) in [4.78, 5) is 25.9. The second-order valence-corrected chi connectivity index (χ2v) is 4.15. The van der Waals surface area contributed by atoms with Gasteiger partial charge in [0.15, 0.2) is 0 Å². The molecular formula is C6H19N2O4P. The van der Waals surface area contributed by atoms with E-state index in [1.54, 1.807) is 0 Å². The van der Waals surface area contributed by atoms with Gasteiger partial charge in [-0.1, -0.05) is 0 Å². The van der Waals surface area contributed by atoms with E-state index in [1.165, 1.54) is 0 Å². The predicted octanol–water partition coefficient (Wildman–Crippen LogP) is -0.819. The molecule has 0 aliphatic rings. The van der Waals surface area contributed by atoms with Crippen molar-refractivity contribution in [3.8, 4) is 0 Å². The Kier molecular flexibility index (Phi) is 8.87. The molecule has 0 fully saturated rings. The lowest BCUT2D eigenvalue weighted by molar-refractivity contribution is 0.275. The van der Waals surface area contributed by atoms with E-state index in [1.807, 2.05) is 0 Å². The van der Waals surface area contributed by atoms with Gasteiger partial charge in [0.1, 0.15) is 0 Å². The van der Waals surface area contributed by atoms with E-state index in [4.69, 9.17) is 19.2 Å². The van der Waals surface area contributed by atoms with Gasteiger partial charge in [-0.15, -0.1) is 0 Å². The van der Waals surface area contributed by atoms with Gasteiger partial charge in [0.05, 0.1) is 0 Å². The van der Waals surface area contributed by atoms with E-state index in [2.05, 4.69) is 38.0 Å². The van der Waals surface area contributed by atoms with Crippen LogP contribution in [0, 0.1) is 0 Å². The number of phosphoric acid groups is 1. The molecule has 0 radical (unpaired) electrons. The highest BCUT2D eigenvalue weighted by Crippen LogP contribution is 2.25. The first-order chi connectivity index (χ1) is 5.63. The van der Waals surface area contributed by atoms with Crippen molar-refractivity contribution in [2.75, 3.05) is 41.3 Å². The summed E-state index contributed by atoms with van der Waals surface area (Å²) < 4.78 is 8.88. The van der Waals surface area contributed by atoms with E-state index in [0.29, 0.717) is 0 Å². The summed E-state index contributed by atoms with van der Waals surface area (Å²) in [6.45, 7) is 2.29. The van der Waals surface area contributed by atoms with Gasteiger partial charge in [0.2, 0.25) is 0 Å². The Morgan fingerprint density at radius 3 is 1.15 bits per heavy atom. The molecule has 0 saturated heterocycles. The van der Waals surface area contributed by atoms with Crippen LogP contribution in [0.1, 0.15) is 0 Å². The zero-order valence-electron chi connectivity index (χ0n) is 8.51. The molecule has 0 aromatic heterocycles. The maximum Gasteiger partial charge on any atom is 0.466 e. The molecule has 13 heavy (non-hydrogen) atoms. The second kappa shape index (κ2) is 7.44. The molecule has 3 N–H and O–H groups in total. The van der Waals surface area contributed by atoms with E-state index in [0.717, 1.165) is 13.1 Å². The third-order valence-corrected chi connectivity index (χ3v) is 0.994. The fourth-order valence-corrected chi connectivity index (χ4v) is 0.400. The Morgan fingerprint density at radius 1 is 0.923 bits per heavy atom. The topological polar surface area (TPSA) is 84.2 Å². The summed E-state index contributed by atoms with van der Waals surface area (Å²) in [5, 5.41) is 0.